The zero-order valence-electron chi connectivity index (χ0n) is 9.60. The molecule has 1 rings (SSSR count). The third kappa shape index (κ3) is 2.97. The minimum Gasteiger partial charge on any atom is -0.467 e. The van der Waals surface area contributed by atoms with Crippen LogP contribution in [0.5, 0.6) is 0 Å². The van der Waals surface area contributed by atoms with Crippen LogP contribution < -0.4 is 0 Å². The summed E-state index contributed by atoms with van der Waals surface area (Å²) in [5.74, 6) is -1.65. The summed E-state index contributed by atoms with van der Waals surface area (Å²) in [6, 6.07) is 8.95. The molecule has 17 heavy (non-hydrogen) atoms. The monoisotopic (exact) mass is 256 g/mol. The van der Waals surface area contributed by atoms with E-state index in [-0.39, 0.29) is 6.42 Å². The van der Waals surface area contributed by atoms with Gasteiger partial charge in [0, 0.05) is 6.42 Å². The Morgan fingerprint density at radius 2 is 1.59 bits per heavy atom. The van der Waals surface area contributed by atoms with Crippen molar-refractivity contribution < 1.29 is 19.1 Å². The Balaban J connectivity index is 3.00. The van der Waals surface area contributed by atoms with E-state index >= 15 is 0 Å². The molecule has 0 N–H and O–H groups in total. The maximum absolute atomic E-state index is 11.6. The van der Waals surface area contributed by atoms with Crippen molar-refractivity contribution in [1.82, 2.24) is 0 Å². The van der Waals surface area contributed by atoms with Crippen molar-refractivity contribution in [3.63, 3.8) is 0 Å². The van der Waals surface area contributed by atoms with E-state index in [1.54, 1.807) is 24.3 Å². The zero-order chi connectivity index (χ0) is 12.9. The van der Waals surface area contributed by atoms with Gasteiger partial charge in [0.2, 0.25) is 4.87 Å². The molecule has 4 nitrogen and oxygen atoms in total. The predicted octanol–water partition coefficient (Wildman–Crippen LogP) is 1.55. The standard InChI is InChI=1S/C12H13ClO4/c1-16-10(14)12(13,11(15)17-2)8-9-6-4-3-5-7-9/h3-7H,8H2,1-2H3. The number of ether oxygens (including phenoxy) is 2. The van der Waals surface area contributed by atoms with Crippen LogP contribution in [0.1, 0.15) is 5.56 Å². The highest BCUT2D eigenvalue weighted by atomic mass is 35.5. The molecule has 0 radical (unpaired) electrons. The first kappa shape index (κ1) is 13.5. The Morgan fingerprint density at radius 3 is 2.00 bits per heavy atom. The minimum absolute atomic E-state index is 0.0226. The summed E-state index contributed by atoms with van der Waals surface area (Å²) < 4.78 is 9.08. The van der Waals surface area contributed by atoms with Crippen molar-refractivity contribution >= 4 is 23.5 Å². The summed E-state index contributed by atoms with van der Waals surface area (Å²) in [6.07, 6.45) is 0.0226. The van der Waals surface area contributed by atoms with Gasteiger partial charge in [-0.1, -0.05) is 41.9 Å². The molecule has 0 bridgehead atoms. The van der Waals surface area contributed by atoms with Crippen LogP contribution in [-0.4, -0.2) is 31.0 Å². The number of benzene rings is 1. The first-order valence-electron chi connectivity index (χ1n) is 4.94. The van der Waals surface area contributed by atoms with Crippen molar-refractivity contribution in [3.8, 4) is 0 Å². The summed E-state index contributed by atoms with van der Waals surface area (Å²) in [5, 5.41) is 0. The lowest BCUT2D eigenvalue weighted by molar-refractivity contribution is -0.156. The smallest absolute Gasteiger partial charge is 0.338 e. The third-order valence-corrected chi connectivity index (χ3v) is 2.75. The van der Waals surface area contributed by atoms with Gasteiger partial charge in [0.05, 0.1) is 14.2 Å². The van der Waals surface area contributed by atoms with E-state index < -0.39 is 16.8 Å². The highest BCUT2D eigenvalue weighted by molar-refractivity contribution is 6.44. The minimum atomic E-state index is -1.83. The van der Waals surface area contributed by atoms with Gasteiger partial charge < -0.3 is 9.47 Å². The van der Waals surface area contributed by atoms with Crippen LogP contribution >= 0.6 is 11.6 Å². The van der Waals surface area contributed by atoms with Crippen LogP contribution in [0.15, 0.2) is 30.3 Å². The zero-order valence-corrected chi connectivity index (χ0v) is 10.4. The van der Waals surface area contributed by atoms with Crippen LogP contribution in [-0.2, 0) is 25.5 Å². The highest BCUT2D eigenvalue weighted by Gasteiger charge is 2.46. The van der Waals surface area contributed by atoms with E-state index in [2.05, 4.69) is 9.47 Å². The highest BCUT2D eigenvalue weighted by Crippen LogP contribution is 2.24. The fourth-order valence-electron chi connectivity index (χ4n) is 1.43. The molecule has 1 aromatic rings. The third-order valence-electron chi connectivity index (χ3n) is 2.31. The second-order valence-corrected chi connectivity index (χ2v) is 4.09. The Kier molecular flexibility index (Phi) is 4.52. The van der Waals surface area contributed by atoms with E-state index in [9.17, 15) is 9.59 Å². The second kappa shape index (κ2) is 5.68. The molecule has 0 aromatic heterocycles. The molecule has 0 amide bonds. The summed E-state index contributed by atoms with van der Waals surface area (Å²) in [6.45, 7) is 0. The Bertz CT molecular complexity index is 386. The van der Waals surface area contributed by atoms with E-state index in [4.69, 9.17) is 11.6 Å². The van der Waals surface area contributed by atoms with Gasteiger partial charge in [0.25, 0.3) is 0 Å². The van der Waals surface area contributed by atoms with Crippen LogP contribution in [0.25, 0.3) is 0 Å². The number of rotatable bonds is 4. The summed E-state index contributed by atoms with van der Waals surface area (Å²) in [4.78, 5) is 21.3. The van der Waals surface area contributed by atoms with Crippen molar-refractivity contribution in [1.29, 1.82) is 0 Å². The molecule has 0 spiro atoms. The van der Waals surface area contributed by atoms with E-state index in [0.717, 1.165) is 5.56 Å². The van der Waals surface area contributed by atoms with Gasteiger partial charge in [-0.25, -0.2) is 9.59 Å². The maximum atomic E-state index is 11.6. The van der Waals surface area contributed by atoms with Crippen LogP contribution in [0.2, 0.25) is 0 Å². The lowest BCUT2D eigenvalue weighted by Crippen LogP contribution is -2.45. The van der Waals surface area contributed by atoms with E-state index in [0.29, 0.717) is 0 Å². The first-order valence-corrected chi connectivity index (χ1v) is 5.32. The summed E-state index contributed by atoms with van der Waals surface area (Å²) in [7, 11) is 2.35. The fraction of sp³-hybridized carbons (Fsp3) is 0.333. The Hall–Kier alpha value is -1.55. The van der Waals surface area contributed by atoms with Crippen LogP contribution in [0, 0.1) is 0 Å². The molecular weight excluding hydrogens is 244 g/mol. The number of hydrogen-bond acceptors (Lipinski definition) is 4. The number of alkyl halides is 1. The average Bonchev–Trinajstić information content (AvgIpc) is 2.37. The summed E-state index contributed by atoms with van der Waals surface area (Å²) >= 11 is 6.03. The van der Waals surface area contributed by atoms with Gasteiger partial charge in [-0.3, -0.25) is 0 Å². The molecule has 0 atom stereocenters. The second-order valence-electron chi connectivity index (χ2n) is 3.45. The molecule has 92 valence electrons. The normalized spacial score (nSPS) is 10.8. The van der Waals surface area contributed by atoms with Crippen LogP contribution in [0.3, 0.4) is 0 Å². The molecule has 0 fully saturated rings. The maximum Gasteiger partial charge on any atom is 0.338 e. The van der Waals surface area contributed by atoms with Gasteiger partial charge in [-0.2, -0.15) is 0 Å². The number of esters is 2. The van der Waals surface area contributed by atoms with Crippen molar-refractivity contribution in [3.05, 3.63) is 35.9 Å². The molecular formula is C12H13ClO4. The van der Waals surface area contributed by atoms with Crippen molar-refractivity contribution in [2.24, 2.45) is 0 Å². The first-order chi connectivity index (χ1) is 8.04. The molecule has 0 aliphatic rings. The van der Waals surface area contributed by atoms with Crippen molar-refractivity contribution in [2.75, 3.05) is 14.2 Å². The molecule has 0 heterocycles. The fourth-order valence-corrected chi connectivity index (χ4v) is 1.74. The summed E-state index contributed by atoms with van der Waals surface area (Å²) in [5.41, 5.74) is 0.748. The molecule has 0 saturated carbocycles. The lowest BCUT2D eigenvalue weighted by Gasteiger charge is -2.21. The predicted molar refractivity (Wildman–Crippen MR) is 62.8 cm³/mol. The molecule has 0 aliphatic heterocycles. The van der Waals surface area contributed by atoms with Gasteiger partial charge in [0.1, 0.15) is 0 Å². The van der Waals surface area contributed by atoms with Gasteiger partial charge >= 0.3 is 11.9 Å². The van der Waals surface area contributed by atoms with Gasteiger partial charge in [-0.05, 0) is 5.56 Å². The lowest BCUT2D eigenvalue weighted by atomic mass is 9.98. The van der Waals surface area contributed by atoms with E-state index in [1.807, 2.05) is 6.07 Å². The van der Waals surface area contributed by atoms with Gasteiger partial charge in [0.15, 0.2) is 0 Å². The average molecular weight is 257 g/mol. The largest absolute Gasteiger partial charge is 0.467 e. The Morgan fingerprint density at radius 1 is 1.12 bits per heavy atom. The molecule has 5 heteroatoms. The molecule has 0 unspecified atom stereocenters. The number of carbonyl (C=O) groups excluding carboxylic acids is 2. The topological polar surface area (TPSA) is 52.6 Å². The quantitative estimate of drug-likeness (QED) is 0.466. The molecule has 0 saturated heterocycles. The SMILES string of the molecule is COC(=O)C(Cl)(Cc1ccccc1)C(=O)OC. The van der Waals surface area contributed by atoms with Crippen molar-refractivity contribution in [2.45, 2.75) is 11.3 Å². The number of carbonyl (C=O) groups is 2. The number of halogens is 1. The number of methoxy groups -OCH3 is 2. The number of hydrogen-bond donors (Lipinski definition) is 0. The van der Waals surface area contributed by atoms with Gasteiger partial charge in [-0.15, -0.1) is 0 Å². The van der Waals surface area contributed by atoms with E-state index in [1.165, 1.54) is 14.2 Å². The molecule has 0 aliphatic carbocycles. The van der Waals surface area contributed by atoms with Crippen LogP contribution in [0.4, 0.5) is 0 Å². The Labute approximate surface area is 104 Å². The molecule has 1 aromatic carbocycles.